The van der Waals surface area contributed by atoms with Crippen LogP contribution in [0.3, 0.4) is 0 Å². The highest BCUT2D eigenvalue weighted by molar-refractivity contribution is 5.93. The van der Waals surface area contributed by atoms with Crippen molar-refractivity contribution in [1.29, 1.82) is 0 Å². The van der Waals surface area contributed by atoms with E-state index in [1.165, 1.54) is 4.57 Å². The molecule has 1 N–H and O–H groups in total. The highest BCUT2D eigenvalue weighted by Gasteiger charge is 2.18. The lowest BCUT2D eigenvalue weighted by atomic mass is 10.1. The predicted octanol–water partition coefficient (Wildman–Crippen LogP) is 3.02. The molecule has 0 aliphatic carbocycles. The number of rotatable bonds is 8. The lowest BCUT2D eigenvalue weighted by Gasteiger charge is -2.12. The molecule has 2 aromatic carbocycles. The summed E-state index contributed by atoms with van der Waals surface area (Å²) in [4.78, 5) is 34.6. The molecule has 0 spiro atoms. The van der Waals surface area contributed by atoms with Gasteiger partial charge in [-0.15, -0.1) is 0 Å². The summed E-state index contributed by atoms with van der Waals surface area (Å²) in [7, 11) is 1.62. The Morgan fingerprint density at radius 2 is 1.72 bits per heavy atom. The van der Waals surface area contributed by atoms with Gasteiger partial charge in [0.15, 0.2) is 11.3 Å². The zero-order valence-corrected chi connectivity index (χ0v) is 17.8. The van der Waals surface area contributed by atoms with Gasteiger partial charge in [0, 0.05) is 19.3 Å². The summed E-state index contributed by atoms with van der Waals surface area (Å²) < 4.78 is 6.69. The van der Waals surface area contributed by atoms with E-state index in [4.69, 9.17) is 4.74 Å². The minimum Gasteiger partial charge on any atom is -0.497 e. The van der Waals surface area contributed by atoms with Crippen molar-refractivity contribution < 1.29 is 9.53 Å². The lowest BCUT2D eigenvalue weighted by Crippen LogP contribution is -2.36. The maximum absolute atomic E-state index is 13.1. The molecule has 4 aromatic rings. The molecule has 0 bridgehead atoms. The first-order chi connectivity index (χ1) is 15.7. The molecule has 0 radical (unpaired) electrons. The Morgan fingerprint density at radius 1 is 0.969 bits per heavy atom. The molecule has 0 unspecified atom stereocenters. The monoisotopic (exact) mass is 428 g/mol. The van der Waals surface area contributed by atoms with E-state index in [0.717, 1.165) is 16.9 Å². The molecular weight excluding hydrogens is 404 g/mol. The van der Waals surface area contributed by atoms with Crippen LogP contribution in [0.1, 0.15) is 21.6 Å². The van der Waals surface area contributed by atoms with Gasteiger partial charge in [0.05, 0.1) is 7.11 Å². The Kier molecular flexibility index (Phi) is 6.55. The molecule has 0 saturated carbocycles. The van der Waals surface area contributed by atoms with Gasteiger partial charge in [-0.25, -0.2) is 9.97 Å². The predicted molar refractivity (Wildman–Crippen MR) is 123 cm³/mol. The summed E-state index contributed by atoms with van der Waals surface area (Å²) in [6.45, 7) is 0.798. The average molecular weight is 428 g/mol. The lowest BCUT2D eigenvalue weighted by molar-refractivity contribution is 0.0947. The van der Waals surface area contributed by atoms with Crippen molar-refractivity contribution in [2.75, 3.05) is 13.7 Å². The smallest absolute Gasteiger partial charge is 0.283 e. The average Bonchev–Trinajstić information content (AvgIpc) is 2.84. The van der Waals surface area contributed by atoms with Crippen LogP contribution < -0.4 is 15.6 Å². The van der Waals surface area contributed by atoms with Crippen molar-refractivity contribution in [1.82, 2.24) is 19.9 Å². The van der Waals surface area contributed by atoms with Crippen molar-refractivity contribution in [3.63, 3.8) is 0 Å². The van der Waals surface area contributed by atoms with Crippen LogP contribution in [0.15, 0.2) is 77.7 Å². The molecule has 0 atom stereocenters. The Balaban J connectivity index is 1.52. The Bertz CT molecular complexity index is 1270. The zero-order valence-electron chi connectivity index (χ0n) is 17.8. The number of fused-ring (bicyclic) bond motifs is 1. The molecule has 2 heterocycles. The fourth-order valence-electron chi connectivity index (χ4n) is 3.51. The van der Waals surface area contributed by atoms with Crippen molar-refractivity contribution in [3.8, 4) is 5.75 Å². The Morgan fingerprint density at radius 3 is 2.47 bits per heavy atom. The SMILES string of the molecule is COc1ccc(CCNC(=O)c2nc3cccnc3n(CCc3ccccc3)c2=O)cc1. The fraction of sp³-hybridized carbons (Fsp3) is 0.200. The quantitative estimate of drug-likeness (QED) is 0.466. The number of amides is 1. The van der Waals surface area contributed by atoms with Crippen LogP contribution in [0.2, 0.25) is 0 Å². The summed E-state index contributed by atoms with van der Waals surface area (Å²) in [6.07, 6.45) is 2.90. The van der Waals surface area contributed by atoms with Gasteiger partial charge in [-0.2, -0.15) is 0 Å². The van der Waals surface area contributed by atoms with Gasteiger partial charge in [0.1, 0.15) is 11.3 Å². The van der Waals surface area contributed by atoms with E-state index in [0.29, 0.717) is 37.1 Å². The van der Waals surface area contributed by atoms with Crippen LogP contribution in [-0.2, 0) is 19.4 Å². The van der Waals surface area contributed by atoms with Gasteiger partial charge in [-0.3, -0.25) is 14.2 Å². The number of aromatic nitrogens is 3. The molecule has 0 saturated heterocycles. The summed E-state index contributed by atoms with van der Waals surface area (Å²) >= 11 is 0. The highest BCUT2D eigenvalue weighted by Crippen LogP contribution is 2.12. The molecule has 7 nitrogen and oxygen atoms in total. The van der Waals surface area contributed by atoms with Gasteiger partial charge in [-0.1, -0.05) is 42.5 Å². The Hall–Kier alpha value is -4.00. The van der Waals surface area contributed by atoms with Crippen molar-refractivity contribution in [3.05, 3.63) is 100 Å². The third-order valence-electron chi connectivity index (χ3n) is 5.24. The van der Waals surface area contributed by atoms with Crippen molar-refractivity contribution in [2.45, 2.75) is 19.4 Å². The number of nitrogens with one attached hydrogen (secondary N) is 1. The van der Waals surface area contributed by atoms with Crippen molar-refractivity contribution >= 4 is 17.1 Å². The molecule has 4 rings (SSSR count). The number of hydrogen-bond donors (Lipinski definition) is 1. The maximum Gasteiger partial charge on any atom is 0.283 e. The molecule has 1 amide bonds. The number of benzene rings is 2. The van der Waals surface area contributed by atoms with Crippen LogP contribution >= 0.6 is 0 Å². The number of methoxy groups -OCH3 is 1. The minimum absolute atomic E-state index is 0.117. The molecule has 0 aliphatic rings. The summed E-state index contributed by atoms with van der Waals surface area (Å²) in [5.74, 6) is 0.297. The van der Waals surface area contributed by atoms with Gasteiger partial charge in [0.2, 0.25) is 0 Å². The third kappa shape index (κ3) is 4.83. The van der Waals surface area contributed by atoms with E-state index < -0.39 is 11.5 Å². The number of aryl methyl sites for hydroxylation is 2. The minimum atomic E-state index is -0.484. The van der Waals surface area contributed by atoms with Crippen LogP contribution in [0.4, 0.5) is 0 Å². The first-order valence-electron chi connectivity index (χ1n) is 10.5. The zero-order chi connectivity index (χ0) is 22.3. The van der Waals surface area contributed by atoms with E-state index in [-0.39, 0.29) is 5.69 Å². The number of nitrogens with zero attached hydrogens (tertiary/aromatic N) is 3. The summed E-state index contributed by atoms with van der Waals surface area (Å²) in [6, 6.07) is 21.0. The first kappa shape index (κ1) is 21.2. The van der Waals surface area contributed by atoms with Crippen LogP contribution in [-0.4, -0.2) is 34.1 Å². The van der Waals surface area contributed by atoms with E-state index in [1.54, 1.807) is 25.4 Å². The van der Waals surface area contributed by atoms with Gasteiger partial charge in [0.25, 0.3) is 11.5 Å². The second kappa shape index (κ2) is 9.87. The fourth-order valence-corrected chi connectivity index (χ4v) is 3.51. The molecule has 2 aromatic heterocycles. The largest absolute Gasteiger partial charge is 0.497 e. The second-order valence-corrected chi connectivity index (χ2v) is 7.35. The van der Waals surface area contributed by atoms with Crippen LogP contribution in [0.5, 0.6) is 5.75 Å². The molecule has 7 heteroatoms. The summed E-state index contributed by atoms with van der Waals surface area (Å²) in [5, 5.41) is 2.82. The van der Waals surface area contributed by atoms with Gasteiger partial charge < -0.3 is 10.1 Å². The molecule has 0 fully saturated rings. The van der Waals surface area contributed by atoms with E-state index in [2.05, 4.69) is 15.3 Å². The van der Waals surface area contributed by atoms with E-state index in [9.17, 15) is 9.59 Å². The normalized spacial score (nSPS) is 10.8. The van der Waals surface area contributed by atoms with Gasteiger partial charge >= 0.3 is 0 Å². The number of carbonyl (C=O) groups is 1. The number of pyridine rings is 1. The van der Waals surface area contributed by atoms with E-state index in [1.807, 2.05) is 54.6 Å². The van der Waals surface area contributed by atoms with E-state index >= 15 is 0 Å². The number of carbonyl (C=O) groups excluding carboxylic acids is 1. The van der Waals surface area contributed by atoms with Crippen molar-refractivity contribution in [2.24, 2.45) is 0 Å². The number of hydrogen-bond acceptors (Lipinski definition) is 5. The Labute approximate surface area is 185 Å². The second-order valence-electron chi connectivity index (χ2n) is 7.35. The summed E-state index contributed by atoms with van der Waals surface area (Å²) in [5.41, 5.74) is 2.60. The van der Waals surface area contributed by atoms with Crippen LogP contribution in [0, 0.1) is 0 Å². The third-order valence-corrected chi connectivity index (χ3v) is 5.24. The maximum atomic E-state index is 13.1. The molecule has 162 valence electrons. The number of ether oxygens (including phenoxy) is 1. The molecule has 32 heavy (non-hydrogen) atoms. The standard InChI is InChI=1S/C25H24N4O3/c1-32-20-11-9-19(10-12-20)13-16-27-24(30)22-25(31)29(17-14-18-6-3-2-4-7-18)23-21(28-22)8-5-15-26-23/h2-12,15H,13-14,16-17H2,1H3,(H,27,30). The first-order valence-corrected chi connectivity index (χ1v) is 10.5. The topological polar surface area (TPSA) is 86.1 Å². The van der Waals surface area contributed by atoms with Crippen LogP contribution in [0.25, 0.3) is 11.2 Å². The van der Waals surface area contributed by atoms with Gasteiger partial charge in [-0.05, 0) is 48.2 Å². The molecular formula is C25H24N4O3. The molecule has 0 aliphatic heterocycles. The highest BCUT2D eigenvalue weighted by atomic mass is 16.5.